The first-order chi connectivity index (χ1) is 12.7. The molecule has 0 radical (unpaired) electrons. The molecule has 2 aromatic carbocycles. The molecule has 0 aliphatic heterocycles. The summed E-state index contributed by atoms with van der Waals surface area (Å²) < 4.78 is 5.21. The second-order valence-corrected chi connectivity index (χ2v) is 7.91. The van der Waals surface area contributed by atoms with E-state index >= 15 is 0 Å². The Morgan fingerprint density at radius 2 is 1.27 bits per heavy atom. The van der Waals surface area contributed by atoms with E-state index in [0.717, 1.165) is 44.7 Å². The van der Waals surface area contributed by atoms with E-state index in [-0.39, 0.29) is 0 Å². The number of hydrogen-bond donors (Lipinski definition) is 0. The molecule has 4 rings (SSSR count). The van der Waals surface area contributed by atoms with Crippen molar-refractivity contribution in [1.29, 1.82) is 0 Å². The Kier molecular flexibility index (Phi) is 4.82. The van der Waals surface area contributed by atoms with Gasteiger partial charge in [-0.2, -0.15) is 0 Å². The summed E-state index contributed by atoms with van der Waals surface area (Å²) in [6.07, 6.45) is 0.775. The lowest BCUT2D eigenvalue weighted by Gasteiger charge is -2.00. The van der Waals surface area contributed by atoms with E-state index in [1.165, 1.54) is 5.56 Å². The fourth-order valence-corrected chi connectivity index (χ4v) is 4.37. The van der Waals surface area contributed by atoms with Crippen molar-refractivity contribution in [3.8, 4) is 28.3 Å². The SMILES string of the molecule is COc1ccc(-c2csc(Cc3nc(-c4ccc(C)cc4)cs3)n2)cc1. The van der Waals surface area contributed by atoms with Crippen LogP contribution in [0.25, 0.3) is 22.5 Å². The van der Waals surface area contributed by atoms with Crippen molar-refractivity contribution < 1.29 is 4.74 Å². The average Bonchev–Trinajstić information content (AvgIpc) is 3.33. The lowest BCUT2D eigenvalue weighted by Crippen LogP contribution is -1.88. The van der Waals surface area contributed by atoms with Crippen LogP contribution in [0.2, 0.25) is 0 Å². The van der Waals surface area contributed by atoms with Crippen molar-refractivity contribution in [3.05, 3.63) is 74.9 Å². The van der Waals surface area contributed by atoms with Gasteiger partial charge in [0, 0.05) is 21.9 Å². The molecular weight excluding hydrogens is 360 g/mol. The minimum Gasteiger partial charge on any atom is -0.497 e. The molecule has 0 aliphatic rings. The lowest BCUT2D eigenvalue weighted by atomic mass is 10.1. The normalized spacial score (nSPS) is 10.8. The van der Waals surface area contributed by atoms with Gasteiger partial charge in [0.1, 0.15) is 15.8 Å². The van der Waals surface area contributed by atoms with Crippen LogP contribution in [-0.4, -0.2) is 17.1 Å². The average molecular weight is 379 g/mol. The van der Waals surface area contributed by atoms with Gasteiger partial charge in [-0.3, -0.25) is 0 Å². The number of thiazole rings is 2. The summed E-state index contributed by atoms with van der Waals surface area (Å²) in [6.45, 7) is 2.10. The first-order valence-corrected chi connectivity index (χ1v) is 10.1. The number of benzene rings is 2. The number of rotatable bonds is 5. The van der Waals surface area contributed by atoms with E-state index in [0.29, 0.717) is 0 Å². The minimum absolute atomic E-state index is 0.775. The highest BCUT2D eigenvalue weighted by atomic mass is 32.1. The molecule has 2 heterocycles. The highest BCUT2D eigenvalue weighted by Gasteiger charge is 2.09. The fourth-order valence-electron chi connectivity index (χ4n) is 2.66. The maximum atomic E-state index is 5.21. The monoisotopic (exact) mass is 378 g/mol. The summed E-state index contributed by atoms with van der Waals surface area (Å²) in [6, 6.07) is 16.5. The van der Waals surface area contributed by atoms with Gasteiger partial charge in [-0.05, 0) is 31.2 Å². The second kappa shape index (κ2) is 7.40. The summed E-state index contributed by atoms with van der Waals surface area (Å²) >= 11 is 3.37. The molecule has 2 aromatic heterocycles. The third-order valence-corrected chi connectivity index (χ3v) is 5.84. The van der Waals surface area contributed by atoms with Crippen LogP contribution < -0.4 is 4.74 Å². The molecule has 0 atom stereocenters. The van der Waals surface area contributed by atoms with Crippen LogP contribution in [0.3, 0.4) is 0 Å². The standard InChI is InChI=1S/C21H18N2OS2/c1-14-3-5-15(6-4-14)18-12-25-20(22-18)11-21-23-19(13-26-21)16-7-9-17(24-2)10-8-16/h3-10,12-13H,11H2,1-2H3. The molecule has 26 heavy (non-hydrogen) atoms. The maximum absolute atomic E-state index is 5.21. The molecule has 0 spiro atoms. The second-order valence-electron chi connectivity index (χ2n) is 6.02. The Labute approximate surface area is 161 Å². The number of ether oxygens (including phenoxy) is 1. The summed E-state index contributed by atoms with van der Waals surface area (Å²) in [5, 5.41) is 6.40. The molecule has 0 aliphatic carbocycles. The number of nitrogens with zero attached hydrogens (tertiary/aromatic N) is 2. The van der Waals surface area contributed by atoms with E-state index in [1.54, 1.807) is 29.8 Å². The van der Waals surface area contributed by atoms with E-state index in [2.05, 4.69) is 41.9 Å². The Hall–Kier alpha value is -2.50. The zero-order valence-electron chi connectivity index (χ0n) is 14.6. The Morgan fingerprint density at radius 1 is 0.769 bits per heavy atom. The predicted octanol–water partition coefficient (Wildman–Crippen LogP) is 5.84. The zero-order valence-corrected chi connectivity index (χ0v) is 16.2. The number of aryl methyl sites for hydroxylation is 1. The van der Waals surface area contributed by atoms with Gasteiger partial charge in [0.25, 0.3) is 0 Å². The molecule has 5 heteroatoms. The van der Waals surface area contributed by atoms with Gasteiger partial charge >= 0.3 is 0 Å². The van der Waals surface area contributed by atoms with E-state index < -0.39 is 0 Å². The summed E-state index contributed by atoms with van der Waals surface area (Å²) in [5.74, 6) is 0.857. The molecule has 130 valence electrons. The first-order valence-electron chi connectivity index (χ1n) is 8.31. The Balaban J connectivity index is 1.49. The van der Waals surface area contributed by atoms with Crippen LogP contribution in [0.1, 0.15) is 15.6 Å². The number of aromatic nitrogens is 2. The van der Waals surface area contributed by atoms with Gasteiger partial charge in [0.15, 0.2) is 0 Å². The third kappa shape index (κ3) is 3.69. The lowest BCUT2D eigenvalue weighted by molar-refractivity contribution is 0.415. The maximum Gasteiger partial charge on any atom is 0.118 e. The highest BCUT2D eigenvalue weighted by molar-refractivity contribution is 7.11. The van der Waals surface area contributed by atoms with Gasteiger partial charge in [-0.25, -0.2) is 9.97 Å². The van der Waals surface area contributed by atoms with E-state index in [4.69, 9.17) is 14.7 Å². The van der Waals surface area contributed by atoms with Crippen LogP contribution in [0.4, 0.5) is 0 Å². The zero-order chi connectivity index (χ0) is 17.9. The van der Waals surface area contributed by atoms with Crippen LogP contribution in [0, 0.1) is 6.92 Å². The molecule has 4 aromatic rings. The molecule has 0 saturated carbocycles. The van der Waals surface area contributed by atoms with Gasteiger partial charge in [0.2, 0.25) is 0 Å². The van der Waals surface area contributed by atoms with E-state index in [1.807, 2.05) is 24.3 Å². The smallest absolute Gasteiger partial charge is 0.118 e. The summed E-state index contributed by atoms with van der Waals surface area (Å²) in [4.78, 5) is 9.55. The number of methoxy groups -OCH3 is 1. The van der Waals surface area contributed by atoms with Crippen molar-refractivity contribution >= 4 is 22.7 Å². The van der Waals surface area contributed by atoms with Crippen LogP contribution >= 0.6 is 22.7 Å². The topological polar surface area (TPSA) is 35.0 Å². The summed E-state index contributed by atoms with van der Waals surface area (Å²) in [5.41, 5.74) is 5.57. The first kappa shape index (κ1) is 16.9. The quantitative estimate of drug-likeness (QED) is 0.437. The molecular formula is C21H18N2OS2. The van der Waals surface area contributed by atoms with Crippen LogP contribution in [-0.2, 0) is 6.42 Å². The minimum atomic E-state index is 0.775. The summed E-state index contributed by atoms with van der Waals surface area (Å²) in [7, 11) is 1.68. The number of hydrogen-bond acceptors (Lipinski definition) is 5. The Morgan fingerprint density at radius 3 is 1.77 bits per heavy atom. The predicted molar refractivity (Wildman–Crippen MR) is 109 cm³/mol. The highest BCUT2D eigenvalue weighted by Crippen LogP contribution is 2.27. The molecule has 0 fully saturated rings. The molecule has 3 nitrogen and oxygen atoms in total. The van der Waals surface area contributed by atoms with Crippen LogP contribution in [0.15, 0.2) is 59.3 Å². The van der Waals surface area contributed by atoms with E-state index in [9.17, 15) is 0 Å². The van der Waals surface area contributed by atoms with Crippen molar-refractivity contribution in [2.24, 2.45) is 0 Å². The molecule has 0 bridgehead atoms. The van der Waals surface area contributed by atoms with Crippen molar-refractivity contribution in [2.45, 2.75) is 13.3 Å². The largest absolute Gasteiger partial charge is 0.497 e. The van der Waals surface area contributed by atoms with Crippen molar-refractivity contribution in [1.82, 2.24) is 9.97 Å². The van der Waals surface area contributed by atoms with Gasteiger partial charge in [-0.1, -0.05) is 29.8 Å². The van der Waals surface area contributed by atoms with Crippen LogP contribution in [0.5, 0.6) is 5.75 Å². The van der Waals surface area contributed by atoms with Gasteiger partial charge in [0.05, 0.1) is 24.9 Å². The molecule has 0 unspecified atom stereocenters. The fraction of sp³-hybridized carbons (Fsp3) is 0.143. The molecule has 0 N–H and O–H groups in total. The molecule has 0 amide bonds. The van der Waals surface area contributed by atoms with Crippen molar-refractivity contribution in [3.63, 3.8) is 0 Å². The third-order valence-electron chi connectivity index (χ3n) is 4.14. The van der Waals surface area contributed by atoms with Crippen molar-refractivity contribution in [2.75, 3.05) is 7.11 Å². The van der Waals surface area contributed by atoms with Gasteiger partial charge in [-0.15, -0.1) is 22.7 Å². The van der Waals surface area contributed by atoms with Gasteiger partial charge < -0.3 is 4.74 Å². The Bertz CT molecular complexity index is 1000. The molecule has 0 saturated heterocycles.